The van der Waals surface area contributed by atoms with E-state index in [0.29, 0.717) is 5.89 Å². The number of fused-ring (bicyclic) bond motifs is 1. The molecule has 1 fully saturated rings. The van der Waals surface area contributed by atoms with E-state index in [0.717, 1.165) is 42.7 Å². The summed E-state index contributed by atoms with van der Waals surface area (Å²) < 4.78 is 5.41. The molecule has 1 atom stereocenters. The molecule has 0 bridgehead atoms. The zero-order valence-corrected chi connectivity index (χ0v) is 10.9. The second-order valence-corrected chi connectivity index (χ2v) is 4.95. The number of anilines is 1. The first kappa shape index (κ1) is 12.2. The van der Waals surface area contributed by atoms with Gasteiger partial charge in [0.1, 0.15) is 5.52 Å². The number of carbonyl (C=O) groups excluding carboxylic acids is 1. The molecule has 2 N–H and O–H groups in total. The maximum atomic E-state index is 12.1. The van der Waals surface area contributed by atoms with Crippen LogP contribution in [0, 0.1) is 12.8 Å². The first-order valence-corrected chi connectivity index (χ1v) is 6.61. The average molecular weight is 259 g/mol. The summed E-state index contributed by atoms with van der Waals surface area (Å²) in [4.78, 5) is 16.4. The summed E-state index contributed by atoms with van der Waals surface area (Å²) in [6.07, 6.45) is 2.00. The lowest BCUT2D eigenvalue weighted by Gasteiger charge is -2.21. The Morgan fingerprint density at radius 2 is 2.42 bits per heavy atom. The minimum atomic E-state index is 0.0588. The van der Waals surface area contributed by atoms with Crippen molar-refractivity contribution >= 4 is 22.7 Å². The lowest BCUT2D eigenvalue weighted by molar-refractivity contribution is -0.120. The van der Waals surface area contributed by atoms with Crippen LogP contribution in [-0.4, -0.2) is 24.0 Å². The summed E-state index contributed by atoms with van der Waals surface area (Å²) in [7, 11) is 0. The van der Waals surface area contributed by atoms with Crippen LogP contribution in [0.5, 0.6) is 0 Å². The molecule has 5 heteroatoms. The minimum Gasteiger partial charge on any atom is -0.441 e. The second-order valence-electron chi connectivity index (χ2n) is 4.95. The molecule has 1 aromatic heterocycles. The van der Waals surface area contributed by atoms with Gasteiger partial charge in [-0.25, -0.2) is 4.98 Å². The van der Waals surface area contributed by atoms with Gasteiger partial charge in [-0.1, -0.05) is 0 Å². The van der Waals surface area contributed by atoms with Crippen LogP contribution in [0.4, 0.5) is 5.69 Å². The maximum Gasteiger partial charge on any atom is 0.228 e. The van der Waals surface area contributed by atoms with Crippen molar-refractivity contribution in [1.29, 1.82) is 0 Å². The van der Waals surface area contributed by atoms with E-state index in [2.05, 4.69) is 15.6 Å². The number of amides is 1. The predicted octanol–water partition coefficient (Wildman–Crippen LogP) is 2.07. The van der Waals surface area contributed by atoms with E-state index in [-0.39, 0.29) is 11.8 Å². The number of nitrogens with one attached hydrogen (secondary N) is 2. The average Bonchev–Trinajstić information content (AvgIpc) is 2.79. The second kappa shape index (κ2) is 5.01. The molecule has 1 aromatic carbocycles. The largest absolute Gasteiger partial charge is 0.441 e. The van der Waals surface area contributed by atoms with Crippen molar-refractivity contribution in [2.45, 2.75) is 19.8 Å². The van der Waals surface area contributed by atoms with Crippen molar-refractivity contribution in [3.63, 3.8) is 0 Å². The highest BCUT2D eigenvalue weighted by Crippen LogP contribution is 2.21. The standard InChI is InChI=1S/C14H17N3O2/c1-9-16-12-7-11(4-5-13(12)19-9)17-14(18)10-3-2-6-15-8-10/h4-5,7,10,15H,2-3,6,8H2,1H3,(H,17,18)/t10-/m1/s1. The van der Waals surface area contributed by atoms with Gasteiger partial charge in [-0.15, -0.1) is 0 Å². The van der Waals surface area contributed by atoms with Crippen LogP contribution in [0.2, 0.25) is 0 Å². The lowest BCUT2D eigenvalue weighted by atomic mass is 9.99. The van der Waals surface area contributed by atoms with Gasteiger partial charge in [0.2, 0.25) is 5.91 Å². The van der Waals surface area contributed by atoms with Crippen molar-refractivity contribution in [3.8, 4) is 0 Å². The van der Waals surface area contributed by atoms with Crippen LogP contribution in [0.15, 0.2) is 22.6 Å². The van der Waals surface area contributed by atoms with Gasteiger partial charge in [0, 0.05) is 19.2 Å². The number of aryl methyl sites for hydroxylation is 1. The number of rotatable bonds is 2. The molecular weight excluding hydrogens is 242 g/mol. The van der Waals surface area contributed by atoms with Crippen LogP contribution >= 0.6 is 0 Å². The third-order valence-electron chi connectivity index (χ3n) is 3.43. The Labute approximate surface area is 111 Å². The molecule has 2 aromatic rings. The predicted molar refractivity (Wildman–Crippen MR) is 73.0 cm³/mol. The van der Waals surface area contributed by atoms with Crippen LogP contribution in [0.3, 0.4) is 0 Å². The van der Waals surface area contributed by atoms with Crippen LogP contribution in [0.25, 0.3) is 11.1 Å². The van der Waals surface area contributed by atoms with Crippen molar-refractivity contribution in [1.82, 2.24) is 10.3 Å². The third kappa shape index (κ3) is 2.61. The number of piperidine rings is 1. The van der Waals surface area contributed by atoms with Crippen LogP contribution in [0.1, 0.15) is 18.7 Å². The summed E-state index contributed by atoms with van der Waals surface area (Å²) in [5, 5.41) is 6.20. The van der Waals surface area contributed by atoms with Gasteiger partial charge in [-0.3, -0.25) is 4.79 Å². The van der Waals surface area contributed by atoms with E-state index in [9.17, 15) is 4.79 Å². The SMILES string of the molecule is Cc1nc2cc(NC(=O)[C@@H]3CCCNC3)ccc2o1. The Bertz CT molecular complexity index is 600. The van der Waals surface area contributed by atoms with E-state index < -0.39 is 0 Å². The topological polar surface area (TPSA) is 67.2 Å². The summed E-state index contributed by atoms with van der Waals surface area (Å²) in [6.45, 7) is 3.58. The molecular formula is C14H17N3O2. The number of hydrogen-bond donors (Lipinski definition) is 2. The Balaban J connectivity index is 1.74. The van der Waals surface area contributed by atoms with Crippen LogP contribution in [-0.2, 0) is 4.79 Å². The monoisotopic (exact) mass is 259 g/mol. The molecule has 1 aliphatic rings. The molecule has 1 aliphatic heterocycles. The van der Waals surface area contributed by atoms with Crippen molar-refractivity contribution in [3.05, 3.63) is 24.1 Å². The summed E-state index contributed by atoms with van der Waals surface area (Å²) in [5.41, 5.74) is 2.29. The van der Waals surface area contributed by atoms with Crippen molar-refractivity contribution < 1.29 is 9.21 Å². The van der Waals surface area contributed by atoms with E-state index in [1.807, 2.05) is 25.1 Å². The Kier molecular flexibility index (Phi) is 3.21. The van der Waals surface area contributed by atoms with Gasteiger partial charge in [0.15, 0.2) is 11.5 Å². The molecule has 19 heavy (non-hydrogen) atoms. The number of hydrogen-bond acceptors (Lipinski definition) is 4. The number of nitrogens with zero attached hydrogens (tertiary/aromatic N) is 1. The molecule has 0 spiro atoms. The minimum absolute atomic E-state index is 0.0588. The van der Waals surface area contributed by atoms with E-state index in [1.165, 1.54) is 0 Å². The van der Waals surface area contributed by atoms with Gasteiger partial charge >= 0.3 is 0 Å². The Morgan fingerprint density at radius 3 is 3.21 bits per heavy atom. The maximum absolute atomic E-state index is 12.1. The molecule has 0 aliphatic carbocycles. The molecule has 0 radical (unpaired) electrons. The molecule has 0 unspecified atom stereocenters. The molecule has 1 amide bonds. The fourth-order valence-corrected chi connectivity index (χ4v) is 2.44. The number of benzene rings is 1. The normalized spacial score (nSPS) is 19.5. The third-order valence-corrected chi connectivity index (χ3v) is 3.43. The highest BCUT2D eigenvalue weighted by molar-refractivity contribution is 5.94. The Morgan fingerprint density at radius 1 is 1.53 bits per heavy atom. The van der Waals surface area contributed by atoms with Gasteiger partial charge in [0.25, 0.3) is 0 Å². The quantitative estimate of drug-likeness (QED) is 0.866. The zero-order valence-electron chi connectivity index (χ0n) is 10.9. The highest BCUT2D eigenvalue weighted by Gasteiger charge is 2.20. The van der Waals surface area contributed by atoms with Crippen molar-refractivity contribution in [2.75, 3.05) is 18.4 Å². The molecule has 2 heterocycles. The van der Waals surface area contributed by atoms with Gasteiger partial charge in [-0.05, 0) is 37.6 Å². The first-order valence-electron chi connectivity index (χ1n) is 6.61. The smallest absolute Gasteiger partial charge is 0.228 e. The summed E-state index contributed by atoms with van der Waals surface area (Å²) >= 11 is 0. The lowest BCUT2D eigenvalue weighted by Crippen LogP contribution is -2.37. The number of aromatic nitrogens is 1. The van der Waals surface area contributed by atoms with E-state index in [1.54, 1.807) is 0 Å². The highest BCUT2D eigenvalue weighted by atomic mass is 16.3. The van der Waals surface area contributed by atoms with Crippen LogP contribution < -0.4 is 10.6 Å². The molecule has 5 nitrogen and oxygen atoms in total. The summed E-state index contributed by atoms with van der Waals surface area (Å²) in [6, 6.07) is 5.53. The van der Waals surface area contributed by atoms with Gasteiger partial charge in [0.05, 0.1) is 5.92 Å². The first-order chi connectivity index (χ1) is 9.22. The van der Waals surface area contributed by atoms with E-state index in [4.69, 9.17) is 4.42 Å². The number of oxazole rings is 1. The summed E-state index contributed by atoms with van der Waals surface area (Å²) in [5.74, 6) is 0.769. The van der Waals surface area contributed by atoms with Gasteiger partial charge in [-0.2, -0.15) is 0 Å². The number of carbonyl (C=O) groups is 1. The molecule has 0 saturated carbocycles. The van der Waals surface area contributed by atoms with Gasteiger partial charge < -0.3 is 15.1 Å². The van der Waals surface area contributed by atoms with E-state index >= 15 is 0 Å². The molecule has 3 rings (SSSR count). The molecule has 1 saturated heterocycles. The fraction of sp³-hybridized carbons (Fsp3) is 0.429. The fourth-order valence-electron chi connectivity index (χ4n) is 2.44. The van der Waals surface area contributed by atoms with Crippen molar-refractivity contribution in [2.24, 2.45) is 5.92 Å². The molecule has 100 valence electrons. The Hall–Kier alpha value is -1.88. The zero-order chi connectivity index (χ0) is 13.2.